The maximum Gasteiger partial charge on any atom is 0.307 e. The van der Waals surface area contributed by atoms with Crippen molar-refractivity contribution in [2.75, 3.05) is 0 Å². The van der Waals surface area contributed by atoms with Gasteiger partial charge in [-0.1, -0.05) is 28.1 Å². The van der Waals surface area contributed by atoms with E-state index in [0.29, 0.717) is 0 Å². The molecule has 0 saturated heterocycles. The van der Waals surface area contributed by atoms with Crippen molar-refractivity contribution in [2.45, 2.75) is 25.6 Å². The fourth-order valence-corrected chi connectivity index (χ4v) is 2.12. The third-order valence-corrected chi connectivity index (χ3v) is 3.02. The van der Waals surface area contributed by atoms with E-state index < -0.39 is 5.97 Å². The highest BCUT2D eigenvalue weighted by molar-refractivity contribution is 9.08. The van der Waals surface area contributed by atoms with E-state index in [9.17, 15) is 4.79 Å². The molecule has 0 unspecified atom stereocenters. The summed E-state index contributed by atoms with van der Waals surface area (Å²) in [5.41, 5.74) is 4.24. The van der Waals surface area contributed by atoms with Crippen molar-refractivity contribution in [2.24, 2.45) is 0 Å². The van der Waals surface area contributed by atoms with E-state index in [0.717, 1.165) is 27.6 Å². The number of rotatable bonds is 3. The highest BCUT2D eigenvalue weighted by Crippen LogP contribution is 2.20. The second-order valence-corrected chi connectivity index (χ2v) is 3.91. The van der Waals surface area contributed by atoms with E-state index in [1.807, 2.05) is 26.0 Å². The number of carboxylic acid groups (broad SMARTS) is 1. The van der Waals surface area contributed by atoms with Crippen LogP contribution in [0.25, 0.3) is 0 Å². The minimum atomic E-state index is -0.775. The summed E-state index contributed by atoms with van der Waals surface area (Å²) in [6.45, 7) is 3.92. The lowest BCUT2D eigenvalue weighted by atomic mass is 9.96. The van der Waals surface area contributed by atoms with Gasteiger partial charge in [-0.3, -0.25) is 4.79 Å². The number of aryl methyl sites for hydroxylation is 1. The van der Waals surface area contributed by atoms with Gasteiger partial charge in [-0.15, -0.1) is 0 Å². The maximum absolute atomic E-state index is 10.7. The highest BCUT2D eigenvalue weighted by Gasteiger charge is 2.09. The van der Waals surface area contributed by atoms with Crippen molar-refractivity contribution in [3.05, 3.63) is 34.4 Å². The number of aliphatic carboxylic acids is 1. The van der Waals surface area contributed by atoms with Crippen molar-refractivity contribution in [1.29, 1.82) is 0 Å². The summed E-state index contributed by atoms with van der Waals surface area (Å²) in [4.78, 5) is 10.7. The molecule has 0 saturated carbocycles. The number of carboxylic acids is 1. The second-order valence-electron chi connectivity index (χ2n) is 3.35. The summed E-state index contributed by atoms with van der Waals surface area (Å²) < 4.78 is 0. The summed E-state index contributed by atoms with van der Waals surface area (Å²) in [7, 11) is 0. The number of hydrogen-bond acceptors (Lipinski definition) is 1. The largest absolute Gasteiger partial charge is 0.481 e. The fraction of sp³-hybridized carbons (Fsp3) is 0.364. The summed E-state index contributed by atoms with van der Waals surface area (Å²) in [6, 6.07) is 4.01. The Morgan fingerprint density at radius 1 is 1.43 bits per heavy atom. The van der Waals surface area contributed by atoms with Crippen LogP contribution in [0.15, 0.2) is 12.1 Å². The Bertz CT molecular complexity index is 359. The lowest BCUT2D eigenvalue weighted by Gasteiger charge is -2.11. The van der Waals surface area contributed by atoms with E-state index in [1.165, 1.54) is 0 Å². The molecule has 1 aromatic rings. The van der Waals surface area contributed by atoms with Gasteiger partial charge in [0.05, 0.1) is 6.42 Å². The van der Waals surface area contributed by atoms with Gasteiger partial charge in [0, 0.05) is 5.33 Å². The Morgan fingerprint density at radius 2 is 2.07 bits per heavy atom. The van der Waals surface area contributed by atoms with Crippen molar-refractivity contribution in [1.82, 2.24) is 0 Å². The van der Waals surface area contributed by atoms with Crippen LogP contribution >= 0.6 is 15.9 Å². The number of alkyl halides is 1. The Kier molecular flexibility index (Phi) is 3.69. The Hall–Kier alpha value is -0.830. The molecule has 0 aliphatic rings. The number of halogens is 1. The topological polar surface area (TPSA) is 37.3 Å². The lowest BCUT2D eigenvalue weighted by molar-refractivity contribution is -0.136. The smallest absolute Gasteiger partial charge is 0.307 e. The lowest BCUT2D eigenvalue weighted by Crippen LogP contribution is -2.05. The third kappa shape index (κ3) is 2.35. The number of hydrogen-bond donors (Lipinski definition) is 1. The predicted molar refractivity (Wildman–Crippen MR) is 59.9 cm³/mol. The van der Waals surface area contributed by atoms with Crippen LogP contribution in [0.1, 0.15) is 22.3 Å². The standard InChI is InChI=1S/C11H13BrO2/c1-7-3-4-9(6-12)8(2)10(7)5-11(13)14/h3-4H,5-6H2,1-2H3,(H,13,14). The van der Waals surface area contributed by atoms with E-state index in [1.54, 1.807) is 0 Å². The van der Waals surface area contributed by atoms with Crippen LogP contribution in [-0.2, 0) is 16.5 Å². The summed E-state index contributed by atoms with van der Waals surface area (Å²) in [6.07, 6.45) is 0.110. The average Bonchev–Trinajstić information content (AvgIpc) is 2.12. The minimum Gasteiger partial charge on any atom is -0.481 e. The van der Waals surface area contributed by atoms with Crippen molar-refractivity contribution in [3.8, 4) is 0 Å². The quantitative estimate of drug-likeness (QED) is 0.845. The van der Waals surface area contributed by atoms with E-state index in [2.05, 4.69) is 15.9 Å². The molecular weight excluding hydrogens is 244 g/mol. The molecule has 0 atom stereocenters. The summed E-state index contributed by atoms with van der Waals surface area (Å²) in [5.74, 6) is -0.775. The molecule has 0 amide bonds. The van der Waals surface area contributed by atoms with Crippen LogP contribution in [0.3, 0.4) is 0 Å². The second kappa shape index (κ2) is 4.60. The molecule has 2 nitrogen and oxygen atoms in total. The van der Waals surface area contributed by atoms with Crippen molar-refractivity contribution < 1.29 is 9.90 Å². The van der Waals surface area contributed by atoms with Crippen LogP contribution in [0.4, 0.5) is 0 Å². The zero-order valence-electron chi connectivity index (χ0n) is 8.30. The molecule has 0 fully saturated rings. The highest BCUT2D eigenvalue weighted by atomic mass is 79.9. The van der Waals surface area contributed by atoms with Gasteiger partial charge in [0.2, 0.25) is 0 Å². The molecule has 76 valence electrons. The van der Waals surface area contributed by atoms with Gasteiger partial charge >= 0.3 is 5.97 Å². The first-order valence-electron chi connectivity index (χ1n) is 4.42. The van der Waals surface area contributed by atoms with Crippen LogP contribution in [0.2, 0.25) is 0 Å². The Morgan fingerprint density at radius 3 is 2.57 bits per heavy atom. The summed E-state index contributed by atoms with van der Waals surface area (Å²) in [5, 5.41) is 9.54. The zero-order chi connectivity index (χ0) is 10.7. The molecule has 1 aromatic carbocycles. The first-order valence-corrected chi connectivity index (χ1v) is 5.54. The van der Waals surface area contributed by atoms with Crippen LogP contribution in [0.5, 0.6) is 0 Å². The van der Waals surface area contributed by atoms with E-state index >= 15 is 0 Å². The summed E-state index contributed by atoms with van der Waals surface area (Å²) >= 11 is 3.39. The molecular formula is C11H13BrO2. The zero-order valence-corrected chi connectivity index (χ0v) is 9.89. The van der Waals surface area contributed by atoms with Crippen molar-refractivity contribution >= 4 is 21.9 Å². The normalized spacial score (nSPS) is 10.2. The van der Waals surface area contributed by atoms with Gasteiger partial charge in [0.15, 0.2) is 0 Å². The molecule has 0 aromatic heterocycles. The number of benzene rings is 1. The fourth-order valence-electron chi connectivity index (χ4n) is 1.51. The Balaban J connectivity index is 3.18. The van der Waals surface area contributed by atoms with Crippen LogP contribution < -0.4 is 0 Å². The van der Waals surface area contributed by atoms with Gasteiger partial charge < -0.3 is 5.11 Å². The molecule has 1 rings (SSSR count). The Labute approximate surface area is 92.1 Å². The molecule has 0 bridgehead atoms. The molecule has 0 heterocycles. The van der Waals surface area contributed by atoms with Gasteiger partial charge in [-0.05, 0) is 36.1 Å². The van der Waals surface area contributed by atoms with E-state index in [4.69, 9.17) is 5.11 Å². The first-order chi connectivity index (χ1) is 6.56. The predicted octanol–water partition coefficient (Wildman–Crippen LogP) is 2.83. The van der Waals surface area contributed by atoms with Gasteiger partial charge in [-0.25, -0.2) is 0 Å². The monoisotopic (exact) mass is 256 g/mol. The molecule has 0 aliphatic carbocycles. The third-order valence-electron chi connectivity index (χ3n) is 2.42. The SMILES string of the molecule is Cc1ccc(CBr)c(C)c1CC(=O)O. The minimum absolute atomic E-state index is 0.110. The maximum atomic E-state index is 10.7. The van der Waals surface area contributed by atoms with Gasteiger partial charge in [0.25, 0.3) is 0 Å². The molecule has 0 aliphatic heterocycles. The first kappa shape index (κ1) is 11.2. The molecule has 14 heavy (non-hydrogen) atoms. The van der Waals surface area contributed by atoms with Crippen LogP contribution in [-0.4, -0.2) is 11.1 Å². The van der Waals surface area contributed by atoms with Crippen LogP contribution in [0, 0.1) is 13.8 Å². The molecule has 1 N–H and O–H groups in total. The van der Waals surface area contributed by atoms with Crippen molar-refractivity contribution in [3.63, 3.8) is 0 Å². The molecule has 0 radical (unpaired) electrons. The van der Waals surface area contributed by atoms with E-state index in [-0.39, 0.29) is 6.42 Å². The average molecular weight is 257 g/mol. The van der Waals surface area contributed by atoms with Gasteiger partial charge in [0.1, 0.15) is 0 Å². The molecule has 0 spiro atoms. The number of carbonyl (C=O) groups is 1. The molecule has 3 heteroatoms. The van der Waals surface area contributed by atoms with Gasteiger partial charge in [-0.2, -0.15) is 0 Å².